The van der Waals surface area contributed by atoms with Crippen LogP contribution in [0.2, 0.25) is 0 Å². The van der Waals surface area contributed by atoms with Crippen LogP contribution in [0.25, 0.3) is 0 Å². The van der Waals surface area contributed by atoms with Gasteiger partial charge in [-0.25, -0.2) is 0 Å². The summed E-state index contributed by atoms with van der Waals surface area (Å²) in [6.45, 7) is 1.50. The minimum absolute atomic E-state index is 0.0385. The van der Waals surface area contributed by atoms with E-state index in [1.165, 1.54) is 0 Å². The van der Waals surface area contributed by atoms with Crippen molar-refractivity contribution < 1.29 is 9.32 Å². The van der Waals surface area contributed by atoms with Gasteiger partial charge in [0.05, 0.1) is 26.2 Å². The Balaban J connectivity index is 1.73. The average Bonchev–Trinajstić information content (AvgIpc) is 3.06. The molecule has 0 spiro atoms. The number of carbonyl (C=O) groups excluding carboxylic acids is 1. The molecule has 0 radical (unpaired) electrons. The highest BCUT2D eigenvalue weighted by Crippen LogP contribution is 2.07. The molecule has 0 unspecified atom stereocenters. The van der Waals surface area contributed by atoms with Gasteiger partial charge in [-0.1, -0.05) is 11.2 Å². The smallest absolute Gasteiger partial charge is 0.240 e. The molecular weight excluding hydrogens is 278 g/mol. The first-order chi connectivity index (χ1) is 9.67. The molecule has 0 fully saturated rings. The molecule has 0 saturated carbocycles. The molecule has 108 valence electrons. The lowest BCUT2D eigenvalue weighted by Gasteiger charge is -2.13. The number of hydrogen-bond acceptors (Lipinski definition) is 7. The van der Waals surface area contributed by atoms with Gasteiger partial charge in [-0.3, -0.25) is 9.69 Å². The van der Waals surface area contributed by atoms with Crippen LogP contribution >= 0.6 is 11.3 Å². The number of rotatable bonds is 7. The molecule has 0 saturated heterocycles. The molecule has 7 nitrogen and oxygen atoms in total. The highest BCUT2D eigenvalue weighted by Gasteiger charge is 2.11. The summed E-state index contributed by atoms with van der Waals surface area (Å²) in [6, 6.07) is 3.95. The zero-order valence-corrected chi connectivity index (χ0v) is 12.0. The molecule has 2 rings (SSSR count). The van der Waals surface area contributed by atoms with E-state index in [0.29, 0.717) is 24.8 Å². The molecule has 0 atom stereocenters. The van der Waals surface area contributed by atoms with Crippen LogP contribution in [0.15, 0.2) is 22.0 Å². The summed E-state index contributed by atoms with van der Waals surface area (Å²) < 4.78 is 4.90. The number of carbonyl (C=O) groups is 1. The lowest BCUT2D eigenvalue weighted by molar-refractivity contribution is -0.122. The van der Waals surface area contributed by atoms with Gasteiger partial charge in [-0.15, -0.1) is 11.3 Å². The number of aromatic nitrogens is 2. The van der Waals surface area contributed by atoms with Crippen LogP contribution < -0.4 is 11.1 Å². The first-order valence-corrected chi connectivity index (χ1v) is 7.04. The fourth-order valence-electron chi connectivity index (χ4n) is 1.63. The molecule has 2 aromatic heterocycles. The summed E-state index contributed by atoms with van der Waals surface area (Å²) in [4.78, 5) is 18.8. The van der Waals surface area contributed by atoms with Crippen molar-refractivity contribution >= 4 is 17.2 Å². The Bertz CT molecular complexity index is 540. The van der Waals surface area contributed by atoms with Crippen LogP contribution in [0.4, 0.5) is 0 Å². The Morgan fingerprint density at radius 1 is 1.60 bits per heavy atom. The SMILES string of the molecule is CN(CC(=O)NCc1cccs1)Cc1noc(CN)n1. The van der Waals surface area contributed by atoms with Gasteiger partial charge < -0.3 is 15.6 Å². The first kappa shape index (κ1) is 14.6. The number of amides is 1. The average molecular weight is 295 g/mol. The van der Waals surface area contributed by atoms with Crippen LogP contribution in [0.1, 0.15) is 16.6 Å². The van der Waals surface area contributed by atoms with Crippen molar-refractivity contribution in [1.29, 1.82) is 0 Å². The maximum Gasteiger partial charge on any atom is 0.240 e. The highest BCUT2D eigenvalue weighted by atomic mass is 32.1. The molecule has 0 aromatic carbocycles. The summed E-state index contributed by atoms with van der Waals surface area (Å²) in [5.74, 6) is 0.887. The Kier molecular flexibility index (Phi) is 5.22. The zero-order valence-electron chi connectivity index (χ0n) is 11.2. The third-order valence-electron chi connectivity index (χ3n) is 2.55. The Morgan fingerprint density at radius 2 is 2.45 bits per heavy atom. The minimum atomic E-state index is -0.0385. The number of nitrogens with zero attached hydrogens (tertiary/aromatic N) is 3. The predicted molar refractivity (Wildman–Crippen MR) is 74.7 cm³/mol. The highest BCUT2D eigenvalue weighted by molar-refractivity contribution is 7.09. The number of nitrogens with one attached hydrogen (secondary N) is 1. The first-order valence-electron chi connectivity index (χ1n) is 6.16. The van der Waals surface area contributed by atoms with Gasteiger partial charge in [0, 0.05) is 4.88 Å². The number of thiophene rings is 1. The summed E-state index contributed by atoms with van der Waals surface area (Å²) >= 11 is 1.62. The second-order valence-corrected chi connectivity index (χ2v) is 5.37. The number of hydrogen-bond donors (Lipinski definition) is 2. The summed E-state index contributed by atoms with van der Waals surface area (Å²) in [6.07, 6.45) is 0. The van der Waals surface area contributed by atoms with Crippen molar-refractivity contribution in [1.82, 2.24) is 20.4 Å². The standard InChI is InChI=1S/C12H17N5O2S/c1-17(7-10-15-12(5-13)19-16-10)8-11(18)14-6-9-3-2-4-20-9/h2-4H,5-8,13H2,1H3,(H,14,18). The predicted octanol–water partition coefficient (Wildman–Crippen LogP) is 0.338. The minimum Gasteiger partial charge on any atom is -0.350 e. The van der Waals surface area contributed by atoms with E-state index in [-0.39, 0.29) is 19.0 Å². The second kappa shape index (κ2) is 7.13. The largest absolute Gasteiger partial charge is 0.350 e. The molecule has 0 aliphatic carbocycles. The van der Waals surface area contributed by atoms with Crippen molar-refractivity contribution in [2.75, 3.05) is 13.6 Å². The van der Waals surface area contributed by atoms with E-state index in [0.717, 1.165) is 4.88 Å². The van der Waals surface area contributed by atoms with E-state index < -0.39 is 0 Å². The third-order valence-corrected chi connectivity index (χ3v) is 3.43. The van der Waals surface area contributed by atoms with Crippen LogP contribution in [-0.2, 0) is 24.4 Å². The van der Waals surface area contributed by atoms with E-state index in [4.69, 9.17) is 10.3 Å². The van der Waals surface area contributed by atoms with Gasteiger partial charge in [0.2, 0.25) is 11.8 Å². The van der Waals surface area contributed by atoms with Gasteiger partial charge in [-0.2, -0.15) is 4.98 Å². The molecule has 3 N–H and O–H groups in total. The molecule has 8 heteroatoms. The molecule has 1 amide bonds. The Hall–Kier alpha value is -1.77. The Labute approximate surface area is 120 Å². The third kappa shape index (κ3) is 4.41. The topological polar surface area (TPSA) is 97.3 Å². The molecule has 2 aromatic rings. The van der Waals surface area contributed by atoms with Gasteiger partial charge in [0.1, 0.15) is 0 Å². The van der Waals surface area contributed by atoms with Gasteiger partial charge in [0.25, 0.3) is 0 Å². The molecule has 2 heterocycles. The normalized spacial score (nSPS) is 10.9. The van der Waals surface area contributed by atoms with Crippen molar-refractivity contribution in [2.24, 2.45) is 5.73 Å². The molecule has 0 bridgehead atoms. The number of likely N-dealkylation sites (N-methyl/N-ethyl adjacent to an activating group) is 1. The lowest BCUT2D eigenvalue weighted by Crippen LogP contribution is -2.34. The molecule has 20 heavy (non-hydrogen) atoms. The quantitative estimate of drug-likeness (QED) is 0.764. The second-order valence-electron chi connectivity index (χ2n) is 4.34. The van der Waals surface area contributed by atoms with Crippen LogP contribution in [0, 0.1) is 0 Å². The van der Waals surface area contributed by atoms with Crippen molar-refractivity contribution in [2.45, 2.75) is 19.6 Å². The van der Waals surface area contributed by atoms with Gasteiger partial charge in [0.15, 0.2) is 5.82 Å². The van der Waals surface area contributed by atoms with E-state index in [1.807, 2.05) is 29.5 Å². The summed E-state index contributed by atoms with van der Waals surface area (Å²) in [5.41, 5.74) is 5.39. The van der Waals surface area contributed by atoms with E-state index in [2.05, 4.69) is 15.5 Å². The number of nitrogens with two attached hydrogens (primary N) is 1. The fraction of sp³-hybridized carbons (Fsp3) is 0.417. The van der Waals surface area contributed by atoms with E-state index in [9.17, 15) is 4.79 Å². The monoisotopic (exact) mass is 295 g/mol. The maximum atomic E-state index is 11.8. The summed E-state index contributed by atoms with van der Waals surface area (Å²) in [7, 11) is 1.82. The van der Waals surface area contributed by atoms with Crippen LogP contribution in [0.5, 0.6) is 0 Å². The summed E-state index contributed by atoms with van der Waals surface area (Å²) in [5, 5.41) is 8.63. The van der Waals surface area contributed by atoms with Crippen LogP contribution in [0.3, 0.4) is 0 Å². The fourth-order valence-corrected chi connectivity index (χ4v) is 2.28. The van der Waals surface area contributed by atoms with Crippen molar-refractivity contribution in [3.63, 3.8) is 0 Å². The maximum absolute atomic E-state index is 11.8. The van der Waals surface area contributed by atoms with E-state index in [1.54, 1.807) is 11.3 Å². The van der Waals surface area contributed by atoms with Crippen LogP contribution in [-0.4, -0.2) is 34.5 Å². The molecule has 0 aliphatic heterocycles. The molecule has 0 aliphatic rings. The van der Waals surface area contributed by atoms with Gasteiger partial charge in [-0.05, 0) is 18.5 Å². The Morgan fingerprint density at radius 3 is 3.10 bits per heavy atom. The lowest BCUT2D eigenvalue weighted by atomic mass is 10.4. The van der Waals surface area contributed by atoms with Crippen molar-refractivity contribution in [3.05, 3.63) is 34.1 Å². The zero-order chi connectivity index (χ0) is 14.4. The molecular formula is C12H17N5O2S. The van der Waals surface area contributed by atoms with Gasteiger partial charge >= 0.3 is 0 Å². The van der Waals surface area contributed by atoms with E-state index >= 15 is 0 Å². The van der Waals surface area contributed by atoms with Crippen molar-refractivity contribution in [3.8, 4) is 0 Å².